The number of hydrogen-bond donors (Lipinski definition) is 0. The number of aryl methyl sites for hydroxylation is 1. The molecule has 3 aromatic rings. The van der Waals surface area contributed by atoms with Crippen LogP contribution in [0.25, 0.3) is 10.9 Å². The molecule has 0 saturated carbocycles. The Morgan fingerprint density at radius 3 is 2.50 bits per heavy atom. The summed E-state index contributed by atoms with van der Waals surface area (Å²) >= 11 is 6.40. The van der Waals surface area contributed by atoms with Crippen molar-refractivity contribution in [3.8, 4) is 0 Å². The summed E-state index contributed by atoms with van der Waals surface area (Å²) in [5.74, 6) is 0. The average Bonchev–Trinajstić information content (AvgIpc) is 3.03. The van der Waals surface area contributed by atoms with Gasteiger partial charge in [-0.15, -0.1) is 0 Å². The van der Waals surface area contributed by atoms with Crippen molar-refractivity contribution in [3.63, 3.8) is 0 Å². The molecule has 2 aromatic carbocycles. The Morgan fingerprint density at radius 1 is 1.04 bits per heavy atom. The first-order valence-electron chi connectivity index (χ1n) is 9.38. The summed E-state index contributed by atoms with van der Waals surface area (Å²) in [5.41, 5.74) is 2.47. The van der Waals surface area contributed by atoms with E-state index in [2.05, 4.69) is 16.8 Å². The van der Waals surface area contributed by atoms with Crippen LogP contribution in [0.4, 0.5) is 0 Å². The number of benzene rings is 2. The smallest absolute Gasteiger partial charge is 0.268 e. The van der Waals surface area contributed by atoms with E-state index in [4.69, 9.17) is 11.6 Å². The minimum atomic E-state index is -3.70. The summed E-state index contributed by atoms with van der Waals surface area (Å²) in [6, 6.07) is 12.6. The van der Waals surface area contributed by atoms with E-state index < -0.39 is 10.0 Å². The molecule has 28 heavy (non-hydrogen) atoms. The largest absolute Gasteiger partial charge is 0.304 e. The van der Waals surface area contributed by atoms with Gasteiger partial charge in [-0.1, -0.05) is 29.8 Å². The molecule has 1 aromatic heterocycles. The van der Waals surface area contributed by atoms with Gasteiger partial charge >= 0.3 is 0 Å². The number of aromatic nitrogens is 1. The molecule has 1 aliphatic heterocycles. The first-order valence-corrected chi connectivity index (χ1v) is 11.2. The van der Waals surface area contributed by atoms with Gasteiger partial charge in [0.05, 0.1) is 10.4 Å². The minimum absolute atomic E-state index is 0.266. The predicted molar refractivity (Wildman–Crippen MR) is 113 cm³/mol. The fraction of sp³-hybridized carbons (Fsp3) is 0.333. The molecule has 0 radical (unpaired) electrons. The van der Waals surface area contributed by atoms with Crippen LogP contribution in [-0.4, -0.2) is 55.4 Å². The van der Waals surface area contributed by atoms with Crippen LogP contribution in [0.5, 0.6) is 0 Å². The van der Waals surface area contributed by atoms with Crippen molar-refractivity contribution >= 4 is 32.5 Å². The van der Waals surface area contributed by atoms with E-state index in [0.29, 0.717) is 17.1 Å². The van der Waals surface area contributed by atoms with Crippen LogP contribution in [0.15, 0.2) is 53.6 Å². The molecule has 1 aliphatic rings. The highest BCUT2D eigenvalue weighted by Crippen LogP contribution is 2.28. The van der Waals surface area contributed by atoms with Gasteiger partial charge in [0.2, 0.25) is 0 Å². The average molecular weight is 418 g/mol. The van der Waals surface area contributed by atoms with Gasteiger partial charge in [0.15, 0.2) is 0 Å². The number of nitrogens with zero attached hydrogens (tertiary/aromatic N) is 3. The lowest BCUT2D eigenvalue weighted by atomic mass is 10.2. The first kappa shape index (κ1) is 19.5. The predicted octanol–water partition coefficient (Wildman–Crippen LogP) is 3.59. The van der Waals surface area contributed by atoms with Crippen LogP contribution in [0, 0.1) is 6.92 Å². The maximum absolute atomic E-state index is 13.4. The van der Waals surface area contributed by atoms with Gasteiger partial charge in [-0.25, -0.2) is 12.4 Å². The van der Waals surface area contributed by atoms with Crippen molar-refractivity contribution in [2.75, 3.05) is 33.2 Å². The molecule has 1 saturated heterocycles. The molecule has 0 unspecified atom stereocenters. The number of piperazine rings is 1. The Labute approximate surface area is 171 Å². The molecule has 0 bridgehead atoms. The van der Waals surface area contributed by atoms with Crippen LogP contribution >= 0.6 is 11.6 Å². The molecule has 0 N–H and O–H groups in total. The van der Waals surface area contributed by atoms with Crippen molar-refractivity contribution in [1.82, 2.24) is 13.8 Å². The van der Waals surface area contributed by atoms with Gasteiger partial charge in [0.25, 0.3) is 10.0 Å². The van der Waals surface area contributed by atoms with Crippen LogP contribution in [-0.2, 0) is 16.6 Å². The third-order valence-corrected chi connectivity index (χ3v) is 7.48. The SMILES string of the molecule is Cc1cn(S(=O)(=O)c2ccc(Cl)c(CN3CCN(C)CC3)c2)c2ccccc12. The van der Waals surface area contributed by atoms with Crippen LogP contribution in [0.1, 0.15) is 11.1 Å². The van der Waals surface area contributed by atoms with Gasteiger partial charge in [-0.2, -0.15) is 0 Å². The third kappa shape index (κ3) is 3.57. The van der Waals surface area contributed by atoms with E-state index in [1.54, 1.807) is 24.4 Å². The highest BCUT2D eigenvalue weighted by atomic mass is 35.5. The molecule has 0 amide bonds. The van der Waals surface area contributed by atoms with Gasteiger partial charge < -0.3 is 4.90 Å². The number of fused-ring (bicyclic) bond motifs is 1. The summed E-state index contributed by atoms with van der Waals surface area (Å²) in [6.07, 6.45) is 1.69. The van der Waals surface area contributed by atoms with Crippen molar-refractivity contribution in [2.45, 2.75) is 18.4 Å². The zero-order chi connectivity index (χ0) is 19.9. The fourth-order valence-electron chi connectivity index (χ4n) is 3.71. The van der Waals surface area contributed by atoms with Crippen molar-refractivity contribution < 1.29 is 8.42 Å². The van der Waals surface area contributed by atoms with Gasteiger partial charge in [-0.3, -0.25) is 4.90 Å². The highest BCUT2D eigenvalue weighted by molar-refractivity contribution is 7.90. The molecule has 5 nitrogen and oxygen atoms in total. The fourth-order valence-corrected chi connectivity index (χ4v) is 5.36. The third-order valence-electron chi connectivity index (χ3n) is 5.44. The van der Waals surface area contributed by atoms with E-state index in [0.717, 1.165) is 42.7 Å². The summed E-state index contributed by atoms with van der Waals surface area (Å²) in [6.45, 7) is 6.49. The van der Waals surface area contributed by atoms with Crippen LogP contribution < -0.4 is 0 Å². The lowest BCUT2D eigenvalue weighted by Crippen LogP contribution is -2.43. The molecule has 0 aliphatic carbocycles. The minimum Gasteiger partial charge on any atom is -0.304 e. The Morgan fingerprint density at radius 2 is 1.75 bits per heavy atom. The Kier molecular flexibility index (Phi) is 5.22. The lowest BCUT2D eigenvalue weighted by molar-refractivity contribution is 0.148. The molecule has 0 atom stereocenters. The lowest BCUT2D eigenvalue weighted by Gasteiger charge is -2.32. The Bertz CT molecular complexity index is 1120. The monoisotopic (exact) mass is 417 g/mol. The highest BCUT2D eigenvalue weighted by Gasteiger charge is 2.22. The number of rotatable bonds is 4. The maximum Gasteiger partial charge on any atom is 0.268 e. The van der Waals surface area contributed by atoms with Crippen LogP contribution in [0.3, 0.4) is 0 Å². The van der Waals surface area contributed by atoms with Gasteiger partial charge in [0, 0.05) is 49.3 Å². The van der Waals surface area contributed by atoms with Crippen molar-refractivity contribution in [3.05, 3.63) is 64.8 Å². The maximum atomic E-state index is 13.4. The first-order chi connectivity index (χ1) is 13.4. The second-order valence-electron chi connectivity index (χ2n) is 7.46. The van der Waals surface area contributed by atoms with Gasteiger partial charge in [0.1, 0.15) is 0 Å². The molecular weight excluding hydrogens is 394 g/mol. The van der Waals surface area contributed by atoms with Gasteiger partial charge in [-0.05, 0) is 49.4 Å². The van der Waals surface area contributed by atoms with E-state index >= 15 is 0 Å². The Balaban J connectivity index is 1.70. The molecule has 1 fully saturated rings. The zero-order valence-corrected chi connectivity index (χ0v) is 17.7. The summed E-state index contributed by atoms with van der Waals surface area (Å²) < 4.78 is 28.1. The van der Waals surface area contributed by atoms with E-state index in [1.807, 2.05) is 31.2 Å². The quantitative estimate of drug-likeness (QED) is 0.650. The second-order valence-corrected chi connectivity index (χ2v) is 9.68. The number of likely N-dealkylation sites (N-methyl/N-ethyl adjacent to an activating group) is 1. The summed E-state index contributed by atoms with van der Waals surface area (Å²) in [5, 5.41) is 1.55. The molecule has 4 rings (SSSR count). The Hall–Kier alpha value is -1.86. The molecule has 7 heteroatoms. The van der Waals surface area contributed by atoms with Crippen molar-refractivity contribution in [2.24, 2.45) is 0 Å². The van der Waals surface area contributed by atoms with E-state index in [9.17, 15) is 8.42 Å². The molecule has 148 valence electrons. The normalized spacial score (nSPS) is 16.7. The number of halogens is 1. The van der Waals surface area contributed by atoms with Crippen LogP contribution in [0.2, 0.25) is 5.02 Å². The summed E-state index contributed by atoms with van der Waals surface area (Å²) in [7, 11) is -1.59. The molecule has 0 spiro atoms. The summed E-state index contributed by atoms with van der Waals surface area (Å²) in [4.78, 5) is 4.87. The zero-order valence-electron chi connectivity index (χ0n) is 16.1. The topological polar surface area (TPSA) is 45.6 Å². The number of hydrogen-bond acceptors (Lipinski definition) is 4. The van der Waals surface area contributed by atoms with Crippen molar-refractivity contribution in [1.29, 1.82) is 0 Å². The standard InChI is InChI=1S/C21H24ClN3O2S/c1-16-14-25(21-6-4-3-5-19(16)21)28(26,27)18-7-8-20(22)17(13-18)15-24-11-9-23(2)10-12-24/h3-8,13-14H,9-12,15H2,1-2H3. The van der Waals surface area contributed by atoms with E-state index in [-0.39, 0.29) is 4.90 Å². The second kappa shape index (κ2) is 7.52. The number of para-hydroxylation sites is 1. The molecular formula is C21H24ClN3O2S. The van der Waals surface area contributed by atoms with E-state index in [1.165, 1.54) is 3.97 Å². The molecule has 2 heterocycles.